The van der Waals surface area contributed by atoms with Crippen LogP contribution in [0, 0.1) is 12.7 Å². The third kappa shape index (κ3) is 3.07. The summed E-state index contributed by atoms with van der Waals surface area (Å²) < 4.78 is 47.1. The van der Waals surface area contributed by atoms with Crippen LogP contribution in [0.3, 0.4) is 0 Å². The Balaban J connectivity index is 1.52. The molecule has 30 heavy (non-hydrogen) atoms. The van der Waals surface area contributed by atoms with Crippen LogP contribution < -0.4 is 0 Å². The van der Waals surface area contributed by atoms with Gasteiger partial charge in [-0.2, -0.15) is 4.31 Å². The van der Waals surface area contributed by atoms with Gasteiger partial charge in [0.25, 0.3) is 0 Å². The molecule has 2 aliphatic heterocycles. The van der Waals surface area contributed by atoms with E-state index in [9.17, 15) is 12.8 Å². The molecule has 6 nitrogen and oxygen atoms in total. The molecule has 1 saturated heterocycles. The maximum atomic E-state index is 13.5. The highest BCUT2D eigenvalue weighted by molar-refractivity contribution is 7.89. The molecular formula is C22H22FN3O3S. The number of fused-ring (bicyclic) bond motifs is 2. The minimum atomic E-state index is -3.66. The van der Waals surface area contributed by atoms with Crippen molar-refractivity contribution in [2.75, 3.05) is 13.1 Å². The predicted molar refractivity (Wildman–Crippen MR) is 108 cm³/mol. The fourth-order valence-corrected chi connectivity index (χ4v) is 6.75. The zero-order valence-electron chi connectivity index (χ0n) is 16.6. The summed E-state index contributed by atoms with van der Waals surface area (Å²) in [6.07, 6.45) is 0.682. The average molecular weight is 428 g/mol. The quantitative estimate of drug-likeness (QED) is 0.638. The van der Waals surface area contributed by atoms with Gasteiger partial charge < -0.3 is 4.52 Å². The number of hydrogen-bond acceptors (Lipinski definition) is 5. The number of aromatic nitrogens is 1. The zero-order valence-corrected chi connectivity index (χ0v) is 17.4. The highest BCUT2D eigenvalue weighted by atomic mass is 32.2. The summed E-state index contributed by atoms with van der Waals surface area (Å²) in [6, 6.07) is 15.2. The first kappa shape index (κ1) is 19.4. The van der Waals surface area contributed by atoms with Crippen LogP contribution in [0.1, 0.15) is 29.0 Å². The number of halogens is 1. The molecule has 2 aliphatic rings. The number of aryl methyl sites for hydroxylation is 1. The highest BCUT2D eigenvalue weighted by Crippen LogP contribution is 2.50. The van der Waals surface area contributed by atoms with Crippen molar-refractivity contribution in [2.24, 2.45) is 0 Å². The summed E-state index contributed by atoms with van der Waals surface area (Å²) >= 11 is 0. The normalized spacial score (nSPS) is 23.3. The van der Waals surface area contributed by atoms with Crippen molar-refractivity contribution in [1.29, 1.82) is 0 Å². The van der Waals surface area contributed by atoms with Crippen LogP contribution in [0.25, 0.3) is 0 Å². The molecule has 3 aromatic rings. The van der Waals surface area contributed by atoms with E-state index in [1.807, 2.05) is 25.1 Å². The maximum absolute atomic E-state index is 13.5. The van der Waals surface area contributed by atoms with Crippen molar-refractivity contribution in [3.8, 4) is 0 Å². The Kier molecular flexibility index (Phi) is 4.53. The number of hydrogen-bond donors (Lipinski definition) is 0. The van der Waals surface area contributed by atoms with Crippen molar-refractivity contribution in [3.63, 3.8) is 0 Å². The Morgan fingerprint density at radius 2 is 1.90 bits per heavy atom. The van der Waals surface area contributed by atoms with E-state index in [1.165, 1.54) is 12.1 Å². The largest absolute Gasteiger partial charge is 0.361 e. The number of rotatable bonds is 4. The predicted octanol–water partition coefficient (Wildman–Crippen LogP) is 3.43. The molecule has 1 unspecified atom stereocenters. The SMILES string of the molecule is Cc1cc(CN2CCC3(C2)c2ccccc2S(=O)(=O)N3Cc2ccc(F)cc2)no1. The van der Waals surface area contributed by atoms with Crippen LogP contribution in [0.2, 0.25) is 0 Å². The van der Waals surface area contributed by atoms with E-state index in [0.717, 1.165) is 29.1 Å². The summed E-state index contributed by atoms with van der Waals surface area (Å²) in [5, 5.41) is 4.08. The van der Waals surface area contributed by atoms with Gasteiger partial charge in [-0.05, 0) is 42.7 Å². The molecule has 2 aromatic carbocycles. The van der Waals surface area contributed by atoms with Crippen molar-refractivity contribution in [1.82, 2.24) is 14.4 Å². The first-order chi connectivity index (χ1) is 14.4. The molecule has 0 amide bonds. The smallest absolute Gasteiger partial charge is 0.244 e. The average Bonchev–Trinajstić information content (AvgIpc) is 3.38. The van der Waals surface area contributed by atoms with Gasteiger partial charge in [0.15, 0.2) is 0 Å². The fraction of sp³-hybridized carbons (Fsp3) is 0.318. The van der Waals surface area contributed by atoms with Gasteiger partial charge in [0.05, 0.1) is 16.1 Å². The second-order valence-corrected chi connectivity index (χ2v) is 9.89. The van der Waals surface area contributed by atoms with Gasteiger partial charge in [0.2, 0.25) is 10.0 Å². The third-order valence-corrected chi connectivity index (χ3v) is 8.03. The number of nitrogens with zero attached hydrogens (tertiary/aromatic N) is 3. The van der Waals surface area contributed by atoms with Crippen LogP contribution in [0.5, 0.6) is 0 Å². The summed E-state index contributed by atoms with van der Waals surface area (Å²) in [7, 11) is -3.66. The Bertz CT molecular complexity index is 1190. The lowest BCUT2D eigenvalue weighted by molar-refractivity contribution is 0.183. The molecule has 1 atom stereocenters. The molecular weight excluding hydrogens is 405 g/mol. The Labute approximate surface area is 174 Å². The monoisotopic (exact) mass is 427 g/mol. The second kappa shape index (κ2) is 7.01. The topological polar surface area (TPSA) is 66.7 Å². The summed E-state index contributed by atoms with van der Waals surface area (Å²) in [5.41, 5.74) is 1.79. The molecule has 5 rings (SSSR count). The van der Waals surface area contributed by atoms with E-state index in [2.05, 4.69) is 10.1 Å². The molecule has 0 N–H and O–H groups in total. The van der Waals surface area contributed by atoms with Crippen molar-refractivity contribution in [3.05, 3.63) is 83.0 Å². The van der Waals surface area contributed by atoms with Crippen LogP contribution in [-0.4, -0.2) is 35.9 Å². The molecule has 156 valence electrons. The minimum absolute atomic E-state index is 0.203. The van der Waals surface area contributed by atoms with Gasteiger partial charge in [-0.1, -0.05) is 35.5 Å². The lowest BCUT2D eigenvalue weighted by Crippen LogP contribution is -2.45. The molecule has 0 radical (unpaired) electrons. The molecule has 0 aliphatic carbocycles. The summed E-state index contributed by atoms with van der Waals surface area (Å²) in [5.74, 6) is 0.418. The van der Waals surface area contributed by atoms with Crippen LogP contribution in [0.15, 0.2) is 64.0 Å². The Morgan fingerprint density at radius 3 is 2.63 bits per heavy atom. The molecule has 1 aromatic heterocycles. The van der Waals surface area contributed by atoms with Gasteiger partial charge in [-0.25, -0.2) is 12.8 Å². The van der Waals surface area contributed by atoms with E-state index in [0.29, 0.717) is 24.4 Å². The maximum Gasteiger partial charge on any atom is 0.244 e. The van der Waals surface area contributed by atoms with Crippen LogP contribution in [0.4, 0.5) is 4.39 Å². The van der Waals surface area contributed by atoms with Crippen molar-refractivity contribution in [2.45, 2.75) is 36.9 Å². The fourth-order valence-electron chi connectivity index (χ4n) is 4.70. The van der Waals surface area contributed by atoms with Crippen molar-refractivity contribution < 1.29 is 17.3 Å². The van der Waals surface area contributed by atoms with Gasteiger partial charge in [0.1, 0.15) is 11.6 Å². The molecule has 1 fully saturated rings. The second-order valence-electron chi connectivity index (χ2n) is 8.06. The van der Waals surface area contributed by atoms with E-state index in [1.54, 1.807) is 28.6 Å². The number of benzene rings is 2. The molecule has 8 heteroatoms. The first-order valence-corrected chi connectivity index (χ1v) is 11.3. The molecule has 3 heterocycles. The Hall–Kier alpha value is -2.55. The molecule has 0 bridgehead atoms. The highest BCUT2D eigenvalue weighted by Gasteiger charge is 2.56. The standard InChI is InChI=1S/C22H22FN3O3S/c1-16-12-19(24-29-16)14-25-11-10-22(15-25)20-4-2-3-5-21(20)30(27,28)26(22)13-17-6-8-18(23)9-7-17/h2-9,12H,10-11,13-15H2,1H3. The minimum Gasteiger partial charge on any atom is -0.361 e. The van der Waals surface area contributed by atoms with Crippen LogP contribution >= 0.6 is 0 Å². The van der Waals surface area contributed by atoms with Gasteiger partial charge in [-0.3, -0.25) is 4.90 Å². The van der Waals surface area contributed by atoms with Gasteiger partial charge in [-0.15, -0.1) is 0 Å². The van der Waals surface area contributed by atoms with Crippen molar-refractivity contribution >= 4 is 10.0 Å². The summed E-state index contributed by atoms with van der Waals surface area (Å²) in [4.78, 5) is 2.58. The number of sulfonamides is 1. The van der Waals surface area contributed by atoms with Crippen LogP contribution in [-0.2, 0) is 28.7 Å². The lowest BCUT2D eigenvalue weighted by atomic mass is 9.88. The van der Waals surface area contributed by atoms with E-state index >= 15 is 0 Å². The van der Waals surface area contributed by atoms with E-state index < -0.39 is 15.6 Å². The van der Waals surface area contributed by atoms with E-state index in [4.69, 9.17) is 4.52 Å². The third-order valence-electron chi connectivity index (χ3n) is 6.06. The molecule has 1 spiro atoms. The number of likely N-dealkylation sites (tertiary alicyclic amines) is 1. The van der Waals surface area contributed by atoms with E-state index in [-0.39, 0.29) is 12.4 Å². The Morgan fingerprint density at radius 1 is 1.13 bits per heavy atom. The molecule has 0 saturated carbocycles. The zero-order chi connectivity index (χ0) is 20.9. The summed E-state index contributed by atoms with van der Waals surface area (Å²) in [6.45, 7) is 3.97. The van der Waals surface area contributed by atoms with Gasteiger partial charge >= 0.3 is 0 Å². The lowest BCUT2D eigenvalue weighted by Gasteiger charge is -2.34. The first-order valence-electron chi connectivity index (χ1n) is 9.90. The van der Waals surface area contributed by atoms with Gasteiger partial charge in [0, 0.05) is 32.2 Å².